The maximum Gasteiger partial charge on any atom is 0.416 e. The summed E-state index contributed by atoms with van der Waals surface area (Å²) < 4.78 is 45.3. The van der Waals surface area contributed by atoms with E-state index in [1.54, 1.807) is 24.3 Å². The average Bonchev–Trinajstić information content (AvgIpc) is 2.83. The Bertz CT molecular complexity index is 1420. The highest BCUT2D eigenvalue weighted by Crippen LogP contribution is 2.35. The van der Waals surface area contributed by atoms with Crippen LogP contribution in [0.2, 0.25) is 0 Å². The third-order valence-corrected chi connectivity index (χ3v) is 6.16. The molecule has 0 spiro atoms. The highest BCUT2D eigenvalue weighted by Gasteiger charge is 2.31. The van der Waals surface area contributed by atoms with Gasteiger partial charge >= 0.3 is 6.18 Å². The summed E-state index contributed by atoms with van der Waals surface area (Å²) in [6, 6.07) is 17.4. The maximum absolute atomic E-state index is 13.6. The van der Waals surface area contributed by atoms with Crippen LogP contribution in [0.3, 0.4) is 0 Å². The molecule has 5 nitrogen and oxygen atoms in total. The van der Waals surface area contributed by atoms with E-state index in [1.807, 2.05) is 19.1 Å². The van der Waals surface area contributed by atoms with E-state index in [1.165, 1.54) is 17.7 Å². The number of ether oxygens (including phenoxy) is 1. The Morgan fingerprint density at radius 3 is 2.69 bits per heavy atom. The molecule has 0 saturated heterocycles. The first-order chi connectivity index (χ1) is 16.8. The van der Waals surface area contributed by atoms with Gasteiger partial charge in [-0.3, -0.25) is 4.79 Å². The maximum atomic E-state index is 13.6. The zero-order valence-corrected chi connectivity index (χ0v) is 18.9. The van der Waals surface area contributed by atoms with Crippen LogP contribution in [0.15, 0.2) is 66.7 Å². The van der Waals surface area contributed by atoms with Gasteiger partial charge in [-0.05, 0) is 61.6 Å². The summed E-state index contributed by atoms with van der Waals surface area (Å²) in [5.41, 5.74) is 3.20. The van der Waals surface area contributed by atoms with Crippen LogP contribution in [0.5, 0.6) is 11.6 Å². The van der Waals surface area contributed by atoms with Crippen molar-refractivity contribution in [2.45, 2.75) is 38.4 Å². The monoisotopic (exact) mass is 477 g/mol. The van der Waals surface area contributed by atoms with Gasteiger partial charge in [-0.25, -0.2) is 0 Å². The van der Waals surface area contributed by atoms with E-state index in [9.17, 15) is 18.0 Å². The molecule has 0 saturated carbocycles. The van der Waals surface area contributed by atoms with Crippen LogP contribution in [0.4, 0.5) is 13.2 Å². The lowest BCUT2D eigenvalue weighted by atomic mass is 9.86. The molecular weight excluding hydrogens is 455 g/mol. The molecular formula is C27H22F3N3O2. The number of hydrogen-bond donors (Lipinski definition) is 1. The summed E-state index contributed by atoms with van der Waals surface area (Å²) in [6.07, 6.45) is -1.86. The van der Waals surface area contributed by atoms with Gasteiger partial charge in [0.15, 0.2) is 0 Å². The molecule has 5 rings (SSSR count). The number of nitrogens with zero attached hydrogens (tertiary/aromatic N) is 2. The van der Waals surface area contributed by atoms with Crippen molar-refractivity contribution in [1.29, 1.82) is 0 Å². The van der Waals surface area contributed by atoms with E-state index >= 15 is 0 Å². The number of hydrogen-bond acceptors (Lipinski definition) is 4. The Morgan fingerprint density at radius 2 is 1.86 bits per heavy atom. The number of aromatic nitrogens is 2. The number of alkyl halides is 3. The third kappa shape index (κ3) is 4.69. The molecule has 35 heavy (non-hydrogen) atoms. The number of halogens is 3. The van der Waals surface area contributed by atoms with E-state index in [0.29, 0.717) is 10.9 Å². The summed E-state index contributed by atoms with van der Waals surface area (Å²) >= 11 is 0. The second kappa shape index (κ2) is 9.02. The quantitative estimate of drug-likeness (QED) is 0.362. The molecule has 1 aromatic heterocycles. The lowest BCUT2D eigenvalue weighted by Crippen LogP contribution is -2.31. The first kappa shape index (κ1) is 22.8. The zero-order chi connectivity index (χ0) is 24.6. The van der Waals surface area contributed by atoms with Crippen molar-refractivity contribution in [3.63, 3.8) is 0 Å². The fourth-order valence-corrected chi connectivity index (χ4v) is 4.50. The van der Waals surface area contributed by atoms with E-state index in [-0.39, 0.29) is 23.2 Å². The predicted octanol–water partition coefficient (Wildman–Crippen LogP) is 6.56. The third-order valence-electron chi connectivity index (χ3n) is 6.16. The normalized spacial score (nSPS) is 15.5. The van der Waals surface area contributed by atoms with Gasteiger partial charge in [0, 0.05) is 5.39 Å². The minimum Gasteiger partial charge on any atom is -0.437 e. The number of amides is 1. The molecule has 1 aliphatic rings. The predicted molar refractivity (Wildman–Crippen MR) is 125 cm³/mol. The highest BCUT2D eigenvalue weighted by molar-refractivity contribution is 6.08. The summed E-state index contributed by atoms with van der Waals surface area (Å²) in [5, 5.41) is 11.8. The van der Waals surface area contributed by atoms with Gasteiger partial charge in [-0.1, -0.05) is 48.0 Å². The number of nitrogens with one attached hydrogen (secondary N) is 1. The molecule has 1 amide bonds. The van der Waals surface area contributed by atoms with Crippen molar-refractivity contribution in [2.24, 2.45) is 0 Å². The Kier molecular flexibility index (Phi) is 5.88. The molecule has 8 heteroatoms. The van der Waals surface area contributed by atoms with Crippen molar-refractivity contribution in [3.8, 4) is 11.6 Å². The van der Waals surface area contributed by atoms with Gasteiger partial charge in [0.1, 0.15) is 11.3 Å². The molecule has 0 aliphatic heterocycles. The Labute approximate surface area is 200 Å². The molecule has 178 valence electrons. The number of carbonyl (C=O) groups is 1. The minimum absolute atomic E-state index is 0.0862. The van der Waals surface area contributed by atoms with Gasteiger partial charge in [0.2, 0.25) is 0 Å². The molecule has 1 heterocycles. The van der Waals surface area contributed by atoms with E-state index in [0.717, 1.165) is 42.5 Å². The number of aryl methyl sites for hydroxylation is 2. The van der Waals surface area contributed by atoms with Crippen molar-refractivity contribution in [1.82, 2.24) is 15.5 Å². The van der Waals surface area contributed by atoms with Crippen LogP contribution in [-0.4, -0.2) is 16.1 Å². The first-order valence-corrected chi connectivity index (χ1v) is 11.3. The van der Waals surface area contributed by atoms with Crippen molar-refractivity contribution in [3.05, 3.63) is 94.5 Å². The molecule has 0 radical (unpaired) electrons. The molecule has 1 aliphatic carbocycles. The molecule has 0 fully saturated rings. The van der Waals surface area contributed by atoms with Gasteiger partial charge in [0.25, 0.3) is 11.8 Å². The summed E-state index contributed by atoms with van der Waals surface area (Å²) in [6.45, 7) is 2.04. The summed E-state index contributed by atoms with van der Waals surface area (Å²) in [4.78, 5) is 13.6. The van der Waals surface area contributed by atoms with Crippen LogP contribution in [0.1, 0.15) is 51.5 Å². The summed E-state index contributed by atoms with van der Waals surface area (Å²) in [5.74, 6) is -0.658. The van der Waals surface area contributed by atoms with Gasteiger partial charge < -0.3 is 10.1 Å². The average molecular weight is 477 g/mol. The lowest BCUT2D eigenvalue weighted by Gasteiger charge is -2.27. The van der Waals surface area contributed by atoms with Crippen molar-refractivity contribution >= 4 is 16.8 Å². The van der Waals surface area contributed by atoms with E-state index in [4.69, 9.17) is 4.74 Å². The SMILES string of the molecule is Cc1ccc2c(c1)CCC[C@@H]2NC(=O)c1c(Oc2cccc(C(F)(F)F)c2)nnc2ccccc12. The lowest BCUT2D eigenvalue weighted by molar-refractivity contribution is -0.137. The number of fused-ring (bicyclic) bond motifs is 2. The van der Waals surface area contributed by atoms with Crippen LogP contribution in [-0.2, 0) is 12.6 Å². The molecule has 0 bridgehead atoms. The van der Waals surface area contributed by atoms with Crippen LogP contribution < -0.4 is 10.1 Å². The van der Waals surface area contributed by atoms with Gasteiger partial charge in [-0.2, -0.15) is 13.2 Å². The summed E-state index contributed by atoms with van der Waals surface area (Å²) in [7, 11) is 0. The van der Waals surface area contributed by atoms with E-state index in [2.05, 4.69) is 21.6 Å². The Morgan fingerprint density at radius 1 is 1.03 bits per heavy atom. The zero-order valence-electron chi connectivity index (χ0n) is 18.9. The van der Waals surface area contributed by atoms with E-state index < -0.39 is 17.6 Å². The van der Waals surface area contributed by atoms with Crippen molar-refractivity contribution in [2.75, 3.05) is 0 Å². The minimum atomic E-state index is -4.53. The number of rotatable bonds is 4. The molecule has 0 unspecified atom stereocenters. The highest BCUT2D eigenvalue weighted by atomic mass is 19.4. The fraction of sp³-hybridized carbons (Fsp3) is 0.222. The van der Waals surface area contributed by atoms with Gasteiger partial charge in [-0.15, -0.1) is 10.2 Å². The largest absolute Gasteiger partial charge is 0.437 e. The topological polar surface area (TPSA) is 64.1 Å². The van der Waals surface area contributed by atoms with Crippen molar-refractivity contribution < 1.29 is 22.7 Å². The first-order valence-electron chi connectivity index (χ1n) is 11.3. The smallest absolute Gasteiger partial charge is 0.416 e. The Balaban J connectivity index is 1.52. The second-order valence-electron chi connectivity index (χ2n) is 8.65. The van der Waals surface area contributed by atoms with Crippen LogP contribution in [0, 0.1) is 6.92 Å². The number of benzene rings is 3. The molecule has 1 N–H and O–H groups in total. The Hall–Kier alpha value is -3.94. The van der Waals surface area contributed by atoms with Crippen LogP contribution >= 0.6 is 0 Å². The van der Waals surface area contributed by atoms with Crippen LogP contribution in [0.25, 0.3) is 10.9 Å². The molecule has 3 aromatic carbocycles. The fourth-order valence-electron chi connectivity index (χ4n) is 4.50. The number of carbonyl (C=O) groups excluding carboxylic acids is 1. The van der Waals surface area contributed by atoms with Gasteiger partial charge in [0.05, 0.1) is 17.1 Å². The molecule has 1 atom stereocenters. The standard InChI is InChI=1S/C27H22F3N3O2/c1-16-12-13-20-17(14-16)6-4-11-22(20)31-25(34)24-21-9-2-3-10-23(21)32-33-26(24)35-19-8-5-7-18(15-19)27(28,29)30/h2-3,5,7-10,12-15,22H,4,6,11H2,1H3,(H,31,34)/t22-/m0/s1. The molecule has 4 aromatic rings. The second-order valence-corrected chi connectivity index (χ2v) is 8.65.